The van der Waals surface area contributed by atoms with Crippen LogP contribution >= 0.6 is 0 Å². The lowest BCUT2D eigenvalue weighted by molar-refractivity contribution is 0.868. The van der Waals surface area contributed by atoms with Gasteiger partial charge in [0, 0.05) is 30.9 Å². The summed E-state index contributed by atoms with van der Waals surface area (Å²) in [6.07, 6.45) is 1.94. The molecule has 0 aliphatic heterocycles. The first-order chi connectivity index (χ1) is 9.40. The third-order valence-electron chi connectivity index (χ3n) is 3.43. The fourth-order valence-electron chi connectivity index (χ4n) is 2.39. The number of fused-ring (bicyclic) bond motifs is 1. The molecule has 0 aliphatic carbocycles. The topological polar surface area (TPSA) is 28.2 Å². The highest BCUT2D eigenvalue weighted by molar-refractivity contribution is 6.00. The van der Waals surface area contributed by atoms with Crippen molar-refractivity contribution in [1.82, 2.24) is 4.98 Å². The highest BCUT2D eigenvalue weighted by atomic mass is 15.1. The van der Waals surface area contributed by atoms with Gasteiger partial charge in [0.15, 0.2) is 0 Å². The predicted molar refractivity (Wildman–Crippen MR) is 88.9 cm³/mol. The smallest absolute Gasteiger partial charge is 0.136 e. The van der Waals surface area contributed by atoms with E-state index in [1.165, 1.54) is 16.3 Å². The molecule has 0 fully saturated rings. The number of benzene rings is 1. The van der Waals surface area contributed by atoms with Crippen LogP contribution in [0.4, 0.5) is 11.5 Å². The van der Waals surface area contributed by atoms with E-state index in [4.69, 9.17) is 0 Å². The molecule has 3 nitrogen and oxygen atoms in total. The monoisotopic (exact) mass is 271 g/mol. The molecule has 0 atom stereocenters. The van der Waals surface area contributed by atoms with Gasteiger partial charge in [-0.2, -0.15) is 0 Å². The van der Waals surface area contributed by atoms with E-state index in [0.29, 0.717) is 12.0 Å². The number of nitrogens with one attached hydrogen (secondary N) is 1. The molecule has 3 heteroatoms. The number of pyridine rings is 1. The predicted octanol–water partition coefficient (Wildman–Crippen LogP) is 4.24. The number of hydrogen-bond acceptors (Lipinski definition) is 3. The SMILES string of the molecule is CC(C)Nc1cnc(N(C)C)c2cc(C(C)C)ccc12. The van der Waals surface area contributed by atoms with Crippen LogP contribution in [-0.4, -0.2) is 25.1 Å². The molecule has 0 radical (unpaired) electrons. The molecule has 2 rings (SSSR count). The molecular formula is C17H25N3. The number of aromatic nitrogens is 1. The average molecular weight is 271 g/mol. The minimum absolute atomic E-state index is 0.398. The standard InChI is InChI=1S/C17H25N3/c1-11(2)13-7-8-14-15(9-13)17(20(5)6)18-10-16(14)19-12(3)4/h7-12,19H,1-6H3. The second kappa shape index (κ2) is 5.70. The van der Waals surface area contributed by atoms with Crippen molar-refractivity contribution < 1.29 is 0 Å². The second-order valence-corrected chi connectivity index (χ2v) is 6.15. The van der Waals surface area contributed by atoms with E-state index in [1.807, 2.05) is 20.3 Å². The van der Waals surface area contributed by atoms with Gasteiger partial charge < -0.3 is 10.2 Å². The molecule has 20 heavy (non-hydrogen) atoms. The van der Waals surface area contributed by atoms with E-state index in [1.54, 1.807) is 0 Å². The van der Waals surface area contributed by atoms with E-state index >= 15 is 0 Å². The molecule has 0 saturated heterocycles. The molecule has 0 aliphatic rings. The molecule has 2 aromatic rings. The lowest BCUT2D eigenvalue weighted by atomic mass is 9.99. The fourth-order valence-corrected chi connectivity index (χ4v) is 2.39. The Hall–Kier alpha value is -1.77. The van der Waals surface area contributed by atoms with Crippen molar-refractivity contribution in [3.63, 3.8) is 0 Å². The molecule has 1 heterocycles. The zero-order valence-corrected chi connectivity index (χ0v) is 13.4. The second-order valence-electron chi connectivity index (χ2n) is 6.15. The van der Waals surface area contributed by atoms with Gasteiger partial charge >= 0.3 is 0 Å². The van der Waals surface area contributed by atoms with Crippen LogP contribution < -0.4 is 10.2 Å². The van der Waals surface area contributed by atoms with E-state index in [-0.39, 0.29) is 0 Å². The van der Waals surface area contributed by atoms with Crippen LogP contribution in [0.1, 0.15) is 39.2 Å². The molecule has 1 N–H and O–H groups in total. The number of hydrogen-bond donors (Lipinski definition) is 1. The summed E-state index contributed by atoms with van der Waals surface area (Å²) in [6.45, 7) is 8.74. The summed E-state index contributed by atoms with van der Waals surface area (Å²) >= 11 is 0. The van der Waals surface area contributed by atoms with Crippen LogP contribution in [-0.2, 0) is 0 Å². The molecule has 0 unspecified atom stereocenters. The quantitative estimate of drug-likeness (QED) is 0.901. The van der Waals surface area contributed by atoms with Gasteiger partial charge in [-0.3, -0.25) is 0 Å². The van der Waals surface area contributed by atoms with Crippen molar-refractivity contribution in [2.45, 2.75) is 39.7 Å². The normalized spacial score (nSPS) is 11.4. The van der Waals surface area contributed by atoms with Crippen molar-refractivity contribution in [2.24, 2.45) is 0 Å². The molecular weight excluding hydrogens is 246 g/mol. The van der Waals surface area contributed by atoms with E-state index in [0.717, 1.165) is 11.5 Å². The molecule has 0 amide bonds. The Morgan fingerprint density at radius 1 is 1.05 bits per heavy atom. The summed E-state index contributed by atoms with van der Waals surface area (Å²) in [4.78, 5) is 6.70. The van der Waals surface area contributed by atoms with Crippen molar-refractivity contribution in [1.29, 1.82) is 0 Å². The summed E-state index contributed by atoms with van der Waals surface area (Å²) in [5, 5.41) is 5.93. The van der Waals surface area contributed by atoms with Crippen molar-refractivity contribution in [3.8, 4) is 0 Å². The molecule has 108 valence electrons. The number of anilines is 2. The first-order valence-corrected chi connectivity index (χ1v) is 7.26. The van der Waals surface area contributed by atoms with Gasteiger partial charge in [-0.05, 0) is 31.4 Å². The largest absolute Gasteiger partial charge is 0.381 e. The average Bonchev–Trinajstić information content (AvgIpc) is 2.37. The van der Waals surface area contributed by atoms with Gasteiger partial charge in [-0.15, -0.1) is 0 Å². The Bertz CT molecular complexity index is 600. The third kappa shape index (κ3) is 2.87. The molecule has 0 bridgehead atoms. The first kappa shape index (κ1) is 14.6. The zero-order chi connectivity index (χ0) is 14.9. The van der Waals surface area contributed by atoms with Crippen LogP contribution in [0.15, 0.2) is 24.4 Å². The molecule has 1 aromatic heterocycles. The summed E-state index contributed by atoms with van der Waals surface area (Å²) in [6, 6.07) is 7.10. The van der Waals surface area contributed by atoms with Crippen LogP contribution in [0.2, 0.25) is 0 Å². The Morgan fingerprint density at radius 3 is 2.30 bits per heavy atom. The summed E-state index contributed by atoms with van der Waals surface area (Å²) in [7, 11) is 4.08. The lowest BCUT2D eigenvalue weighted by Crippen LogP contribution is -2.14. The summed E-state index contributed by atoms with van der Waals surface area (Å²) in [5.74, 6) is 1.55. The summed E-state index contributed by atoms with van der Waals surface area (Å²) in [5.41, 5.74) is 2.46. The Balaban J connectivity index is 2.67. The Morgan fingerprint density at radius 2 is 1.75 bits per heavy atom. The van der Waals surface area contributed by atoms with Crippen molar-refractivity contribution in [3.05, 3.63) is 30.0 Å². The number of rotatable bonds is 4. The number of nitrogens with zero attached hydrogens (tertiary/aromatic N) is 2. The van der Waals surface area contributed by atoms with E-state index in [2.05, 4.69) is 61.1 Å². The highest BCUT2D eigenvalue weighted by Crippen LogP contribution is 2.32. The van der Waals surface area contributed by atoms with Crippen LogP contribution in [0.25, 0.3) is 10.8 Å². The lowest BCUT2D eigenvalue weighted by Gasteiger charge is -2.19. The van der Waals surface area contributed by atoms with Crippen LogP contribution in [0.5, 0.6) is 0 Å². The minimum atomic E-state index is 0.398. The van der Waals surface area contributed by atoms with Gasteiger partial charge in [0.2, 0.25) is 0 Å². The van der Waals surface area contributed by atoms with Gasteiger partial charge in [-0.25, -0.2) is 4.98 Å². The van der Waals surface area contributed by atoms with Gasteiger partial charge in [-0.1, -0.05) is 26.0 Å². The van der Waals surface area contributed by atoms with E-state index in [9.17, 15) is 0 Å². The van der Waals surface area contributed by atoms with Gasteiger partial charge in [0.05, 0.1) is 11.9 Å². The molecule has 0 spiro atoms. The van der Waals surface area contributed by atoms with Gasteiger partial charge in [0.25, 0.3) is 0 Å². The fraction of sp³-hybridized carbons (Fsp3) is 0.471. The first-order valence-electron chi connectivity index (χ1n) is 7.26. The summed E-state index contributed by atoms with van der Waals surface area (Å²) < 4.78 is 0. The highest BCUT2D eigenvalue weighted by Gasteiger charge is 2.11. The maximum absolute atomic E-state index is 4.62. The maximum Gasteiger partial charge on any atom is 0.136 e. The molecule has 0 saturated carbocycles. The van der Waals surface area contributed by atoms with Gasteiger partial charge in [0.1, 0.15) is 5.82 Å². The van der Waals surface area contributed by atoms with E-state index < -0.39 is 0 Å². The Kier molecular flexibility index (Phi) is 4.17. The zero-order valence-electron chi connectivity index (χ0n) is 13.4. The van der Waals surface area contributed by atoms with Crippen molar-refractivity contribution in [2.75, 3.05) is 24.3 Å². The minimum Gasteiger partial charge on any atom is -0.381 e. The van der Waals surface area contributed by atoms with Crippen molar-refractivity contribution >= 4 is 22.3 Å². The molecule has 1 aromatic carbocycles. The van der Waals surface area contributed by atoms with Crippen LogP contribution in [0.3, 0.4) is 0 Å². The van der Waals surface area contributed by atoms with Crippen LogP contribution in [0, 0.1) is 0 Å². The maximum atomic E-state index is 4.62. The Labute approximate surface area is 122 Å². The third-order valence-corrected chi connectivity index (χ3v) is 3.43.